The van der Waals surface area contributed by atoms with Crippen LogP contribution in [0.25, 0.3) is 0 Å². The molecule has 0 aromatic heterocycles. The molecule has 0 radical (unpaired) electrons. The number of fused-ring (bicyclic) bond motifs is 2. The fourth-order valence-corrected chi connectivity index (χ4v) is 4.78. The number of nitrogens with zero attached hydrogens (tertiary/aromatic N) is 1. The van der Waals surface area contributed by atoms with Gasteiger partial charge in [-0.15, -0.1) is 0 Å². The minimum Gasteiger partial charge on any atom is -0.357 e. The molecule has 1 heterocycles. The van der Waals surface area contributed by atoms with E-state index in [4.69, 9.17) is 12.2 Å². The van der Waals surface area contributed by atoms with Crippen molar-refractivity contribution >= 4 is 17.3 Å². The lowest BCUT2D eigenvalue weighted by Gasteiger charge is -2.56. The highest BCUT2D eigenvalue weighted by Gasteiger charge is 2.49. The minimum atomic E-state index is 0.368. The fourth-order valence-electron chi connectivity index (χ4n) is 4.44. The van der Waals surface area contributed by atoms with Gasteiger partial charge in [0.05, 0.1) is 0 Å². The second kappa shape index (κ2) is 4.42. The van der Waals surface area contributed by atoms with Crippen LogP contribution in [-0.4, -0.2) is 28.6 Å². The maximum absolute atomic E-state index is 5.57. The van der Waals surface area contributed by atoms with Gasteiger partial charge in [0.2, 0.25) is 0 Å². The van der Waals surface area contributed by atoms with Gasteiger partial charge in [-0.1, -0.05) is 32.1 Å². The van der Waals surface area contributed by atoms with E-state index >= 15 is 0 Å². The monoisotopic (exact) mass is 252 g/mol. The van der Waals surface area contributed by atoms with Gasteiger partial charge in [-0.2, -0.15) is 0 Å². The maximum atomic E-state index is 5.57. The number of rotatable bonds is 0. The second-order valence-electron chi connectivity index (χ2n) is 6.22. The van der Waals surface area contributed by atoms with Crippen molar-refractivity contribution in [3.63, 3.8) is 0 Å². The van der Waals surface area contributed by atoms with E-state index in [2.05, 4.69) is 17.3 Å². The van der Waals surface area contributed by atoms with Crippen LogP contribution in [0.4, 0.5) is 0 Å². The zero-order valence-electron chi connectivity index (χ0n) is 10.9. The average molecular weight is 252 g/mol. The maximum Gasteiger partial charge on any atom is 0.169 e. The van der Waals surface area contributed by atoms with Gasteiger partial charge < -0.3 is 10.2 Å². The predicted octanol–water partition coefficient (Wildman–Crippen LogP) is 3.07. The van der Waals surface area contributed by atoms with Gasteiger partial charge >= 0.3 is 0 Å². The summed E-state index contributed by atoms with van der Waals surface area (Å²) in [5.74, 6) is 0.841. The molecule has 1 N–H and O–H groups in total. The summed E-state index contributed by atoms with van der Waals surface area (Å²) in [6.45, 7) is 0. The number of nitrogens with one attached hydrogen (secondary N) is 1. The summed E-state index contributed by atoms with van der Waals surface area (Å²) in [6, 6.07) is 0.718. The van der Waals surface area contributed by atoms with Gasteiger partial charge in [0.1, 0.15) is 0 Å². The molecule has 1 aliphatic heterocycles. The summed E-state index contributed by atoms with van der Waals surface area (Å²) in [7, 11) is 2.19. The van der Waals surface area contributed by atoms with Crippen molar-refractivity contribution in [3.8, 4) is 0 Å². The molecule has 96 valence electrons. The zero-order chi connectivity index (χ0) is 11.9. The molecule has 1 saturated heterocycles. The minimum absolute atomic E-state index is 0.368. The molecule has 0 aromatic carbocycles. The SMILES string of the molecule is CN1C(=S)NC2(CCCCC2)[C@H]2CCCC[C@H]21. The summed E-state index contributed by atoms with van der Waals surface area (Å²) in [4.78, 5) is 2.35. The van der Waals surface area contributed by atoms with Crippen molar-refractivity contribution in [3.05, 3.63) is 0 Å². The second-order valence-corrected chi connectivity index (χ2v) is 6.60. The third-order valence-electron chi connectivity index (χ3n) is 5.36. The van der Waals surface area contributed by atoms with Crippen LogP contribution in [-0.2, 0) is 0 Å². The van der Waals surface area contributed by atoms with E-state index in [1.54, 1.807) is 0 Å². The quantitative estimate of drug-likeness (QED) is 0.667. The molecule has 2 nitrogen and oxygen atoms in total. The molecule has 0 unspecified atom stereocenters. The molecule has 3 heteroatoms. The highest BCUT2D eigenvalue weighted by atomic mass is 32.1. The average Bonchev–Trinajstić information content (AvgIpc) is 2.38. The summed E-state index contributed by atoms with van der Waals surface area (Å²) >= 11 is 5.57. The summed E-state index contributed by atoms with van der Waals surface area (Å²) in [5, 5.41) is 4.75. The Balaban J connectivity index is 1.89. The van der Waals surface area contributed by atoms with Crippen molar-refractivity contribution in [2.24, 2.45) is 5.92 Å². The van der Waals surface area contributed by atoms with Crippen LogP contribution in [0.1, 0.15) is 57.8 Å². The van der Waals surface area contributed by atoms with Gasteiger partial charge in [-0.05, 0) is 37.9 Å². The van der Waals surface area contributed by atoms with E-state index in [9.17, 15) is 0 Å². The molecule has 3 rings (SSSR count). The first-order valence-electron chi connectivity index (χ1n) is 7.28. The topological polar surface area (TPSA) is 15.3 Å². The number of hydrogen-bond acceptors (Lipinski definition) is 1. The van der Waals surface area contributed by atoms with Crippen LogP contribution in [0, 0.1) is 5.92 Å². The predicted molar refractivity (Wildman–Crippen MR) is 75.1 cm³/mol. The highest BCUT2D eigenvalue weighted by Crippen LogP contribution is 2.45. The van der Waals surface area contributed by atoms with Crippen LogP contribution >= 0.6 is 12.2 Å². The Morgan fingerprint density at radius 1 is 1.12 bits per heavy atom. The normalized spacial score (nSPS) is 36.5. The van der Waals surface area contributed by atoms with E-state index in [0.29, 0.717) is 5.54 Å². The smallest absolute Gasteiger partial charge is 0.169 e. The summed E-state index contributed by atoms with van der Waals surface area (Å²) in [5.41, 5.74) is 0.368. The Kier molecular flexibility index (Phi) is 3.06. The van der Waals surface area contributed by atoms with Crippen LogP contribution < -0.4 is 5.32 Å². The van der Waals surface area contributed by atoms with Crippen LogP contribution in [0.5, 0.6) is 0 Å². The first kappa shape index (κ1) is 11.8. The van der Waals surface area contributed by atoms with E-state index < -0.39 is 0 Å². The van der Waals surface area contributed by atoms with E-state index in [0.717, 1.165) is 17.1 Å². The van der Waals surface area contributed by atoms with Crippen molar-refractivity contribution in [1.82, 2.24) is 10.2 Å². The molecular weight excluding hydrogens is 228 g/mol. The van der Waals surface area contributed by atoms with Crippen molar-refractivity contribution in [2.75, 3.05) is 7.05 Å². The summed E-state index contributed by atoms with van der Waals surface area (Å²) < 4.78 is 0. The molecule has 3 fully saturated rings. The van der Waals surface area contributed by atoms with Crippen molar-refractivity contribution in [2.45, 2.75) is 69.4 Å². The molecule has 2 saturated carbocycles. The van der Waals surface area contributed by atoms with Gasteiger partial charge in [0.15, 0.2) is 5.11 Å². The highest BCUT2D eigenvalue weighted by molar-refractivity contribution is 7.80. The standard InChI is InChI=1S/C14H24N2S/c1-16-12-8-4-3-7-11(12)14(15-13(16)17)9-5-2-6-10-14/h11-12H,2-10H2,1H3,(H,15,17)/t11-,12+/m0/s1. The number of thiocarbonyl (C=S) groups is 1. The lowest BCUT2D eigenvalue weighted by atomic mass is 9.64. The fraction of sp³-hybridized carbons (Fsp3) is 0.929. The molecule has 0 aromatic rings. The molecule has 2 aliphatic carbocycles. The van der Waals surface area contributed by atoms with Gasteiger partial charge in [0, 0.05) is 24.5 Å². The third-order valence-corrected chi connectivity index (χ3v) is 5.75. The van der Waals surface area contributed by atoms with Crippen molar-refractivity contribution < 1.29 is 0 Å². The Morgan fingerprint density at radius 3 is 2.59 bits per heavy atom. The Labute approximate surface area is 110 Å². The zero-order valence-corrected chi connectivity index (χ0v) is 11.7. The molecular formula is C14H24N2S. The summed E-state index contributed by atoms with van der Waals surface area (Å²) in [6.07, 6.45) is 12.5. The molecule has 0 amide bonds. The van der Waals surface area contributed by atoms with E-state index in [-0.39, 0.29) is 0 Å². The largest absolute Gasteiger partial charge is 0.357 e. The lowest BCUT2D eigenvalue weighted by Crippen LogP contribution is -2.69. The lowest BCUT2D eigenvalue weighted by molar-refractivity contribution is 0.0429. The molecule has 0 bridgehead atoms. The van der Waals surface area contributed by atoms with Crippen LogP contribution in [0.3, 0.4) is 0 Å². The first-order chi connectivity index (χ1) is 8.23. The number of hydrogen-bond donors (Lipinski definition) is 1. The molecule has 1 spiro atoms. The van der Waals surface area contributed by atoms with E-state index in [1.165, 1.54) is 57.8 Å². The third kappa shape index (κ3) is 1.87. The van der Waals surface area contributed by atoms with Crippen LogP contribution in [0.2, 0.25) is 0 Å². The van der Waals surface area contributed by atoms with Gasteiger partial charge in [-0.3, -0.25) is 0 Å². The van der Waals surface area contributed by atoms with Crippen molar-refractivity contribution in [1.29, 1.82) is 0 Å². The van der Waals surface area contributed by atoms with Crippen LogP contribution in [0.15, 0.2) is 0 Å². The Bertz CT molecular complexity index is 309. The first-order valence-corrected chi connectivity index (χ1v) is 7.69. The Morgan fingerprint density at radius 2 is 1.82 bits per heavy atom. The van der Waals surface area contributed by atoms with Gasteiger partial charge in [-0.25, -0.2) is 0 Å². The van der Waals surface area contributed by atoms with Gasteiger partial charge in [0.25, 0.3) is 0 Å². The molecule has 17 heavy (non-hydrogen) atoms. The van der Waals surface area contributed by atoms with E-state index in [1.807, 2.05) is 0 Å². The molecule has 3 aliphatic rings. The molecule has 2 atom stereocenters. The Hall–Kier alpha value is -0.310.